The molecule has 0 radical (unpaired) electrons. The highest BCUT2D eigenvalue weighted by Crippen LogP contribution is 2.42. The van der Waals surface area contributed by atoms with Gasteiger partial charge in [0.05, 0.1) is 17.4 Å². The zero-order chi connectivity index (χ0) is 26.5. The Morgan fingerprint density at radius 3 is 1.61 bits per heavy atom. The third-order valence-electron chi connectivity index (χ3n) is 8.10. The predicted molar refractivity (Wildman–Crippen MR) is 153 cm³/mol. The van der Waals surface area contributed by atoms with Gasteiger partial charge in [0, 0.05) is 11.1 Å². The van der Waals surface area contributed by atoms with Crippen LogP contribution in [0, 0.1) is 6.92 Å². The van der Waals surface area contributed by atoms with E-state index in [0.29, 0.717) is 0 Å². The molecule has 38 heavy (non-hydrogen) atoms. The van der Waals surface area contributed by atoms with Gasteiger partial charge in [0.2, 0.25) is 0 Å². The van der Waals surface area contributed by atoms with E-state index in [1.54, 1.807) is 0 Å². The molecule has 0 amide bonds. The molecule has 1 aliphatic heterocycles. The van der Waals surface area contributed by atoms with Crippen molar-refractivity contribution in [1.82, 2.24) is 14.8 Å². The Balaban J connectivity index is 1.67. The van der Waals surface area contributed by atoms with Crippen LogP contribution in [0.5, 0.6) is 0 Å². The monoisotopic (exact) mass is 501 g/mol. The van der Waals surface area contributed by atoms with E-state index in [4.69, 9.17) is 19.4 Å². The number of pyridine rings is 1. The maximum Gasteiger partial charge on any atom is 0.495 e. The van der Waals surface area contributed by atoms with Gasteiger partial charge in [0.25, 0.3) is 0 Å². The molecular weight excluding hydrogens is 469 g/mol. The first-order valence-electron chi connectivity index (χ1n) is 13.1. The minimum absolute atomic E-state index is 0.445. The van der Waals surface area contributed by atoms with E-state index in [9.17, 15) is 0 Å². The van der Waals surface area contributed by atoms with E-state index < -0.39 is 23.9 Å². The van der Waals surface area contributed by atoms with Crippen molar-refractivity contribution in [3.05, 3.63) is 126 Å². The number of hydrogen-bond donors (Lipinski definition) is 0. The summed E-state index contributed by atoms with van der Waals surface area (Å²) in [6, 6.07) is 33.7. The highest BCUT2D eigenvalue weighted by Gasteiger charge is 2.52. The van der Waals surface area contributed by atoms with Crippen LogP contribution in [0.1, 0.15) is 50.1 Å². The van der Waals surface area contributed by atoms with Crippen molar-refractivity contribution >= 4 is 23.6 Å². The van der Waals surface area contributed by atoms with Gasteiger partial charge in [-0.3, -0.25) is 0 Å². The lowest BCUT2D eigenvalue weighted by Crippen LogP contribution is -2.41. The second-order valence-electron chi connectivity index (χ2n) is 11.0. The van der Waals surface area contributed by atoms with Crippen molar-refractivity contribution < 1.29 is 9.31 Å². The van der Waals surface area contributed by atoms with E-state index in [1.807, 2.05) is 31.3 Å². The molecule has 0 aliphatic carbocycles. The molecule has 190 valence electrons. The first kappa shape index (κ1) is 24.6. The molecule has 5 nitrogen and oxygen atoms in total. The molecule has 0 saturated carbocycles. The minimum atomic E-state index is -0.750. The maximum absolute atomic E-state index is 6.47. The van der Waals surface area contributed by atoms with Gasteiger partial charge in [0.1, 0.15) is 5.54 Å². The van der Waals surface area contributed by atoms with Crippen LogP contribution in [-0.4, -0.2) is 33.1 Å². The van der Waals surface area contributed by atoms with E-state index in [0.717, 1.165) is 38.9 Å². The first-order valence-corrected chi connectivity index (χ1v) is 13.1. The van der Waals surface area contributed by atoms with Gasteiger partial charge in [-0.15, -0.1) is 0 Å². The molecule has 6 heteroatoms. The summed E-state index contributed by atoms with van der Waals surface area (Å²) in [5.74, 6) is 0. The van der Waals surface area contributed by atoms with Gasteiger partial charge >= 0.3 is 7.12 Å². The molecule has 3 aromatic carbocycles. The Hall–Kier alpha value is -3.74. The largest absolute Gasteiger partial charge is 0.495 e. The molecule has 2 aromatic heterocycles. The fourth-order valence-electron chi connectivity index (χ4n) is 5.47. The van der Waals surface area contributed by atoms with Crippen LogP contribution in [0.15, 0.2) is 103 Å². The highest BCUT2D eigenvalue weighted by molar-refractivity contribution is 6.65. The fraction of sp³-hybridized carbons (Fsp3) is 0.250. The second kappa shape index (κ2) is 8.93. The van der Waals surface area contributed by atoms with Gasteiger partial charge in [-0.1, -0.05) is 91.0 Å². The summed E-state index contributed by atoms with van der Waals surface area (Å²) in [4.78, 5) is 5.07. The van der Waals surface area contributed by atoms with Gasteiger partial charge in [0.15, 0.2) is 5.65 Å². The summed E-state index contributed by atoms with van der Waals surface area (Å²) < 4.78 is 15.0. The van der Waals surface area contributed by atoms with Crippen molar-refractivity contribution in [1.29, 1.82) is 0 Å². The second-order valence-corrected chi connectivity index (χ2v) is 11.0. The molecule has 0 atom stereocenters. The summed E-state index contributed by atoms with van der Waals surface area (Å²) >= 11 is 0. The SMILES string of the molecule is Cc1cc(B2OC(C)(C)C(C)(C)O2)c2cnn(C(c3ccccc3)(c3ccccc3)c3ccccc3)c2n1. The zero-order valence-electron chi connectivity index (χ0n) is 22.6. The Kier molecular flexibility index (Phi) is 5.78. The number of rotatable bonds is 5. The summed E-state index contributed by atoms with van der Waals surface area (Å²) in [7, 11) is -0.513. The number of aromatic nitrogens is 3. The van der Waals surface area contributed by atoms with E-state index in [1.165, 1.54) is 0 Å². The molecule has 0 spiro atoms. The van der Waals surface area contributed by atoms with Crippen molar-refractivity contribution in [3.63, 3.8) is 0 Å². The summed E-state index contributed by atoms with van der Waals surface area (Å²) in [6.45, 7) is 10.3. The van der Waals surface area contributed by atoms with Crippen molar-refractivity contribution in [3.8, 4) is 0 Å². The van der Waals surface area contributed by atoms with Crippen molar-refractivity contribution in [2.24, 2.45) is 0 Å². The Labute approximate surface area is 224 Å². The van der Waals surface area contributed by atoms with Crippen molar-refractivity contribution in [2.75, 3.05) is 0 Å². The van der Waals surface area contributed by atoms with Crippen LogP contribution in [0.4, 0.5) is 0 Å². The molecule has 5 aromatic rings. The molecule has 1 saturated heterocycles. The fourth-order valence-corrected chi connectivity index (χ4v) is 5.47. The van der Waals surface area contributed by atoms with E-state index >= 15 is 0 Å². The molecule has 1 aliphatic rings. The summed E-state index contributed by atoms with van der Waals surface area (Å²) in [5.41, 5.74) is 4.27. The lowest BCUT2D eigenvalue weighted by molar-refractivity contribution is 0.00578. The van der Waals surface area contributed by atoms with Gasteiger partial charge < -0.3 is 9.31 Å². The number of fused-ring (bicyclic) bond motifs is 1. The average molecular weight is 501 g/mol. The third kappa shape index (κ3) is 3.70. The first-order chi connectivity index (χ1) is 18.2. The Morgan fingerprint density at radius 2 is 1.16 bits per heavy atom. The predicted octanol–water partition coefficient (Wildman–Crippen LogP) is 5.88. The Morgan fingerprint density at radius 1 is 0.711 bits per heavy atom. The van der Waals surface area contributed by atoms with Gasteiger partial charge in [-0.25, -0.2) is 9.67 Å². The lowest BCUT2D eigenvalue weighted by atomic mass is 9.76. The number of benzene rings is 3. The highest BCUT2D eigenvalue weighted by atomic mass is 16.7. The number of hydrogen-bond acceptors (Lipinski definition) is 4. The molecule has 3 heterocycles. The van der Waals surface area contributed by atoms with Gasteiger partial charge in [-0.05, 0) is 62.8 Å². The summed E-state index contributed by atoms with van der Waals surface area (Å²) in [6.07, 6.45) is 1.91. The van der Waals surface area contributed by atoms with E-state index in [2.05, 4.69) is 111 Å². The standard InChI is InChI=1S/C32H32BN3O2/c1-23-21-28(33-37-30(2,3)31(4,5)38-33)27-22-34-36(29(27)35-23)32(24-15-9-6-10-16-24,25-17-11-7-12-18-25)26-19-13-8-14-20-26/h6-22H,1-5H3. The minimum Gasteiger partial charge on any atom is -0.399 e. The normalized spacial score (nSPS) is 16.7. The van der Waals surface area contributed by atoms with Crippen molar-refractivity contribution in [2.45, 2.75) is 51.4 Å². The third-order valence-corrected chi connectivity index (χ3v) is 8.10. The van der Waals surface area contributed by atoms with Gasteiger partial charge in [-0.2, -0.15) is 5.10 Å². The quantitative estimate of drug-likeness (QED) is 0.223. The topological polar surface area (TPSA) is 49.2 Å². The molecule has 0 N–H and O–H groups in total. The van der Waals surface area contributed by atoms with E-state index in [-0.39, 0.29) is 0 Å². The van der Waals surface area contributed by atoms with Crippen LogP contribution in [0.3, 0.4) is 0 Å². The Bertz CT molecular complexity index is 1470. The molecular formula is C32H32BN3O2. The maximum atomic E-state index is 6.47. The van der Waals surface area contributed by atoms with Crippen LogP contribution in [0.2, 0.25) is 0 Å². The van der Waals surface area contributed by atoms with Crippen LogP contribution >= 0.6 is 0 Å². The molecule has 0 unspecified atom stereocenters. The van der Waals surface area contributed by atoms with Crippen LogP contribution < -0.4 is 5.46 Å². The smallest absolute Gasteiger partial charge is 0.399 e. The zero-order valence-corrected chi connectivity index (χ0v) is 22.6. The number of nitrogens with zero attached hydrogens (tertiary/aromatic N) is 3. The van der Waals surface area contributed by atoms with Crippen LogP contribution in [0.25, 0.3) is 11.0 Å². The number of aryl methyl sites for hydroxylation is 1. The average Bonchev–Trinajstić information content (AvgIpc) is 3.43. The molecule has 1 fully saturated rings. The lowest BCUT2D eigenvalue weighted by Gasteiger charge is -2.36. The van der Waals surface area contributed by atoms with Crippen LogP contribution in [-0.2, 0) is 14.8 Å². The summed E-state index contributed by atoms with van der Waals surface area (Å²) in [5, 5.41) is 6.00. The molecule has 6 rings (SSSR count). The molecule has 0 bridgehead atoms.